The fourth-order valence-corrected chi connectivity index (χ4v) is 4.07. The molecule has 4 rings (SSSR count). The van der Waals surface area contributed by atoms with E-state index in [4.69, 9.17) is 16.3 Å². The van der Waals surface area contributed by atoms with E-state index in [0.717, 1.165) is 41.0 Å². The van der Waals surface area contributed by atoms with E-state index in [0.29, 0.717) is 23.3 Å². The lowest BCUT2D eigenvalue weighted by Crippen LogP contribution is -2.10. The Morgan fingerprint density at radius 3 is 2.70 bits per heavy atom. The van der Waals surface area contributed by atoms with E-state index >= 15 is 0 Å². The highest BCUT2D eigenvalue weighted by Crippen LogP contribution is 2.24. The van der Waals surface area contributed by atoms with Crippen LogP contribution in [0.25, 0.3) is 5.65 Å². The number of benzene rings is 1. The second kappa shape index (κ2) is 9.53. The third kappa shape index (κ3) is 5.15. The lowest BCUT2D eigenvalue weighted by atomic mass is 10.1. The summed E-state index contributed by atoms with van der Waals surface area (Å²) in [7, 11) is 0. The maximum Gasteiger partial charge on any atom is 0.191 e. The van der Waals surface area contributed by atoms with Gasteiger partial charge in [-0.25, -0.2) is 4.98 Å². The van der Waals surface area contributed by atoms with Crippen molar-refractivity contribution in [1.29, 1.82) is 0 Å². The van der Waals surface area contributed by atoms with Crippen LogP contribution in [0.5, 0.6) is 5.75 Å². The zero-order chi connectivity index (χ0) is 20.9. The molecule has 0 bridgehead atoms. The number of para-hydroxylation sites is 1. The van der Waals surface area contributed by atoms with Crippen molar-refractivity contribution in [2.24, 2.45) is 5.92 Å². The number of halogens is 1. The standard InChI is InChI=1S/C22H24ClN5OS/c1-16(2)10-11-28-21(14-29-19-6-4-3-5-7-19)25-26-22(28)30-15-18-13-27-12-17(23)8-9-20(27)24-18/h3-9,12-13,16H,10-11,14-15H2,1-2H3. The topological polar surface area (TPSA) is 57.2 Å². The van der Waals surface area contributed by atoms with E-state index in [-0.39, 0.29) is 0 Å². The molecule has 3 heterocycles. The Bertz CT molecular complexity index is 1110. The van der Waals surface area contributed by atoms with Crippen molar-refractivity contribution in [2.45, 2.75) is 44.3 Å². The first-order valence-corrected chi connectivity index (χ1v) is 11.3. The SMILES string of the molecule is CC(C)CCn1c(COc2ccccc2)nnc1SCc1cn2cc(Cl)ccc2n1. The van der Waals surface area contributed by atoms with Crippen molar-refractivity contribution in [3.8, 4) is 5.75 Å². The predicted molar refractivity (Wildman–Crippen MR) is 120 cm³/mol. The second-order valence-electron chi connectivity index (χ2n) is 7.47. The molecule has 0 radical (unpaired) electrons. The summed E-state index contributed by atoms with van der Waals surface area (Å²) in [5, 5.41) is 10.4. The van der Waals surface area contributed by atoms with Crippen LogP contribution < -0.4 is 4.74 Å². The van der Waals surface area contributed by atoms with Gasteiger partial charge in [0.25, 0.3) is 0 Å². The van der Waals surface area contributed by atoms with E-state index < -0.39 is 0 Å². The van der Waals surface area contributed by atoms with Crippen molar-refractivity contribution in [1.82, 2.24) is 24.1 Å². The van der Waals surface area contributed by atoms with Gasteiger partial charge in [-0.05, 0) is 36.6 Å². The minimum absolute atomic E-state index is 0.391. The quantitative estimate of drug-likeness (QED) is 0.321. The fourth-order valence-electron chi connectivity index (χ4n) is 3.03. The third-order valence-electron chi connectivity index (χ3n) is 4.65. The Hall–Kier alpha value is -2.51. The number of ether oxygens (including phenoxy) is 1. The Morgan fingerprint density at radius 2 is 1.90 bits per heavy atom. The number of fused-ring (bicyclic) bond motifs is 1. The van der Waals surface area contributed by atoms with Gasteiger partial charge in [0.05, 0.1) is 10.7 Å². The monoisotopic (exact) mass is 441 g/mol. The molecule has 3 aromatic heterocycles. The van der Waals surface area contributed by atoms with Crippen molar-refractivity contribution >= 4 is 29.0 Å². The van der Waals surface area contributed by atoms with Gasteiger partial charge < -0.3 is 13.7 Å². The van der Waals surface area contributed by atoms with Crippen LogP contribution in [0.3, 0.4) is 0 Å². The molecule has 6 nitrogen and oxygen atoms in total. The summed E-state index contributed by atoms with van der Waals surface area (Å²) >= 11 is 7.71. The number of rotatable bonds is 9. The van der Waals surface area contributed by atoms with Crippen LogP contribution in [0.1, 0.15) is 31.8 Å². The van der Waals surface area contributed by atoms with Gasteiger partial charge in [0, 0.05) is 24.7 Å². The van der Waals surface area contributed by atoms with Crippen molar-refractivity contribution in [3.63, 3.8) is 0 Å². The van der Waals surface area contributed by atoms with Gasteiger partial charge >= 0.3 is 0 Å². The number of hydrogen-bond donors (Lipinski definition) is 0. The molecule has 0 fully saturated rings. The van der Waals surface area contributed by atoms with Crippen LogP contribution >= 0.6 is 23.4 Å². The van der Waals surface area contributed by atoms with Crippen LogP contribution in [0.2, 0.25) is 5.02 Å². The molecule has 0 saturated carbocycles. The zero-order valence-electron chi connectivity index (χ0n) is 17.0. The normalized spacial score (nSPS) is 11.5. The smallest absolute Gasteiger partial charge is 0.191 e. The summed E-state index contributed by atoms with van der Waals surface area (Å²) in [6.07, 6.45) is 4.92. The molecule has 30 heavy (non-hydrogen) atoms. The van der Waals surface area contributed by atoms with E-state index in [1.54, 1.807) is 11.8 Å². The predicted octanol–water partition coefficient (Wildman–Crippen LogP) is 5.50. The number of hydrogen-bond acceptors (Lipinski definition) is 5. The minimum atomic E-state index is 0.391. The number of thioether (sulfide) groups is 1. The molecule has 1 aromatic carbocycles. The largest absolute Gasteiger partial charge is 0.486 e. The van der Waals surface area contributed by atoms with Gasteiger partial charge in [-0.2, -0.15) is 0 Å². The highest BCUT2D eigenvalue weighted by molar-refractivity contribution is 7.98. The molecular formula is C22H24ClN5OS. The molecule has 4 aromatic rings. The Kier molecular flexibility index (Phi) is 6.59. The molecule has 0 atom stereocenters. The van der Waals surface area contributed by atoms with Gasteiger partial charge in [-0.15, -0.1) is 10.2 Å². The Balaban J connectivity index is 1.48. The molecule has 0 amide bonds. The average molecular weight is 442 g/mol. The van der Waals surface area contributed by atoms with Crippen LogP contribution in [-0.2, 0) is 18.9 Å². The number of imidazole rings is 1. The molecule has 0 unspecified atom stereocenters. The Morgan fingerprint density at radius 1 is 1.07 bits per heavy atom. The highest BCUT2D eigenvalue weighted by Gasteiger charge is 2.15. The van der Waals surface area contributed by atoms with Gasteiger partial charge in [-0.1, -0.05) is 55.4 Å². The Labute approximate surface area is 185 Å². The number of nitrogens with zero attached hydrogens (tertiary/aromatic N) is 5. The maximum atomic E-state index is 6.07. The molecule has 0 aliphatic carbocycles. The van der Waals surface area contributed by atoms with Crippen molar-refractivity contribution < 1.29 is 4.74 Å². The van der Waals surface area contributed by atoms with Gasteiger partial charge in [0.1, 0.15) is 18.0 Å². The number of aromatic nitrogens is 5. The second-order valence-corrected chi connectivity index (χ2v) is 8.85. The molecule has 0 spiro atoms. The van der Waals surface area contributed by atoms with Crippen molar-refractivity contribution in [3.05, 3.63) is 71.4 Å². The van der Waals surface area contributed by atoms with E-state index in [1.165, 1.54) is 0 Å². The molecule has 0 saturated heterocycles. The summed E-state index contributed by atoms with van der Waals surface area (Å²) in [6.45, 7) is 5.70. The lowest BCUT2D eigenvalue weighted by Gasteiger charge is -2.12. The lowest BCUT2D eigenvalue weighted by molar-refractivity contribution is 0.285. The van der Waals surface area contributed by atoms with E-state index in [1.807, 2.05) is 59.3 Å². The summed E-state index contributed by atoms with van der Waals surface area (Å²) in [4.78, 5) is 4.66. The summed E-state index contributed by atoms with van der Waals surface area (Å²) in [5.74, 6) is 2.96. The summed E-state index contributed by atoms with van der Waals surface area (Å²) in [6, 6.07) is 13.5. The fraction of sp³-hybridized carbons (Fsp3) is 0.318. The van der Waals surface area contributed by atoms with Gasteiger partial charge in [0.2, 0.25) is 0 Å². The van der Waals surface area contributed by atoms with E-state index in [2.05, 4.69) is 33.6 Å². The molecular weight excluding hydrogens is 418 g/mol. The van der Waals surface area contributed by atoms with Crippen LogP contribution in [0.4, 0.5) is 0 Å². The van der Waals surface area contributed by atoms with Crippen LogP contribution in [0, 0.1) is 5.92 Å². The first-order valence-electron chi connectivity index (χ1n) is 9.94. The van der Waals surface area contributed by atoms with Gasteiger partial charge in [-0.3, -0.25) is 0 Å². The first kappa shape index (κ1) is 20.8. The minimum Gasteiger partial charge on any atom is -0.486 e. The first-order chi connectivity index (χ1) is 14.6. The maximum absolute atomic E-state index is 6.07. The molecule has 0 N–H and O–H groups in total. The average Bonchev–Trinajstić information content (AvgIpc) is 3.32. The van der Waals surface area contributed by atoms with Crippen LogP contribution in [-0.4, -0.2) is 24.1 Å². The summed E-state index contributed by atoms with van der Waals surface area (Å²) in [5.41, 5.74) is 1.86. The molecule has 0 aliphatic rings. The van der Waals surface area contributed by atoms with E-state index in [9.17, 15) is 0 Å². The van der Waals surface area contributed by atoms with Gasteiger partial charge in [0.15, 0.2) is 11.0 Å². The number of pyridine rings is 1. The molecule has 156 valence electrons. The van der Waals surface area contributed by atoms with Crippen molar-refractivity contribution in [2.75, 3.05) is 0 Å². The zero-order valence-corrected chi connectivity index (χ0v) is 18.6. The summed E-state index contributed by atoms with van der Waals surface area (Å²) < 4.78 is 10.0. The third-order valence-corrected chi connectivity index (χ3v) is 5.87. The van der Waals surface area contributed by atoms with Crippen LogP contribution in [0.15, 0.2) is 60.0 Å². The molecule has 8 heteroatoms. The molecule has 0 aliphatic heterocycles. The highest BCUT2D eigenvalue weighted by atomic mass is 35.5.